The standard InChI is InChI=1S/C13H19N3O4S/c1-9-8-13(16(17)18)10(2)7-12(9)15-21(19,20)11-3-5-14-6-4-11/h7-8,11,14-15H,3-6H2,1-2H3. The Morgan fingerprint density at radius 2 is 1.86 bits per heavy atom. The van der Waals surface area contributed by atoms with Gasteiger partial charge in [0.15, 0.2) is 0 Å². The second-order valence-corrected chi connectivity index (χ2v) is 7.27. The van der Waals surface area contributed by atoms with E-state index in [1.165, 1.54) is 12.1 Å². The predicted octanol–water partition coefficient (Wildman–Crippen LogP) is 1.71. The Morgan fingerprint density at radius 1 is 1.24 bits per heavy atom. The highest BCUT2D eigenvalue weighted by atomic mass is 32.2. The predicted molar refractivity (Wildman–Crippen MR) is 81.0 cm³/mol. The molecule has 1 aliphatic heterocycles. The summed E-state index contributed by atoms with van der Waals surface area (Å²) in [6, 6.07) is 2.92. The van der Waals surface area contributed by atoms with Gasteiger partial charge in [0.1, 0.15) is 0 Å². The van der Waals surface area contributed by atoms with Crippen molar-refractivity contribution < 1.29 is 13.3 Å². The summed E-state index contributed by atoms with van der Waals surface area (Å²) < 4.78 is 27.3. The summed E-state index contributed by atoms with van der Waals surface area (Å²) in [5, 5.41) is 13.6. The molecule has 2 N–H and O–H groups in total. The molecule has 0 aliphatic carbocycles. The topological polar surface area (TPSA) is 101 Å². The number of nitro groups is 1. The first-order valence-electron chi connectivity index (χ1n) is 6.79. The lowest BCUT2D eigenvalue weighted by molar-refractivity contribution is -0.385. The number of nitro benzene ring substituents is 1. The number of anilines is 1. The van der Waals surface area contributed by atoms with E-state index in [1.807, 2.05) is 0 Å². The van der Waals surface area contributed by atoms with Gasteiger partial charge >= 0.3 is 0 Å². The molecule has 1 saturated heterocycles. The summed E-state index contributed by atoms with van der Waals surface area (Å²) in [6.07, 6.45) is 1.14. The van der Waals surface area contributed by atoms with Crippen molar-refractivity contribution in [1.82, 2.24) is 5.32 Å². The third-order valence-corrected chi connectivity index (χ3v) is 5.57. The van der Waals surface area contributed by atoms with Gasteiger partial charge in [-0.15, -0.1) is 0 Å². The monoisotopic (exact) mass is 313 g/mol. The van der Waals surface area contributed by atoms with Crippen molar-refractivity contribution in [2.24, 2.45) is 0 Å². The highest BCUT2D eigenvalue weighted by Crippen LogP contribution is 2.28. The molecule has 0 aromatic heterocycles. The third-order valence-electron chi connectivity index (χ3n) is 3.72. The zero-order valence-corrected chi connectivity index (χ0v) is 12.9. The zero-order valence-electron chi connectivity index (χ0n) is 12.0. The Kier molecular flexibility index (Phi) is 4.48. The van der Waals surface area contributed by atoms with Crippen molar-refractivity contribution in [3.63, 3.8) is 0 Å². The number of benzene rings is 1. The van der Waals surface area contributed by atoms with Crippen molar-refractivity contribution >= 4 is 21.4 Å². The molecule has 0 amide bonds. The quantitative estimate of drug-likeness (QED) is 0.651. The van der Waals surface area contributed by atoms with Crippen LogP contribution in [0.1, 0.15) is 24.0 Å². The molecule has 0 unspecified atom stereocenters. The molecule has 0 radical (unpaired) electrons. The maximum atomic E-state index is 12.4. The number of nitrogens with zero attached hydrogens (tertiary/aromatic N) is 1. The van der Waals surface area contributed by atoms with E-state index in [2.05, 4.69) is 10.0 Å². The normalized spacial score (nSPS) is 16.7. The van der Waals surface area contributed by atoms with Crippen molar-refractivity contribution in [2.45, 2.75) is 31.9 Å². The van der Waals surface area contributed by atoms with E-state index in [0.29, 0.717) is 42.7 Å². The molecule has 116 valence electrons. The second kappa shape index (κ2) is 5.98. The molecule has 7 nitrogen and oxygen atoms in total. The number of hydrogen-bond acceptors (Lipinski definition) is 5. The first-order chi connectivity index (χ1) is 9.81. The molecule has 1 heterocycles. The fraction of sp³-hybridized carbons (Fsp3) is 0.538. The summed E-state index contributed by atoms with van der Waals surface area (Å²) in [4.78, 5) is 10.4. The maximum absolute atomic E-state index is 12.4. The minimum absolute atomic E-state index is 0.00249. The van der Waals surface area contributed by atoms with Gasteiger partial charge < -0.3 is 5.32 Å². The van der Waals surface area contributed by atoms with Crippen LogP contribution in [0.3, 0.4) is 0 Å². The summed E-state index contributed by atoms with van der Waals surface area (Å²) in [5.74, 6) is 0. The summed E-state index contributed by atoms with van der Waals surface area (Å²) >= 11 is 0. The summed E-state index contributed by atoms with van der Waals surface area (Å²) in [6.45, 7) is 4.63. The molecule has 2 rings (SSSR count). The summed E-state index contributed by atoms with van der Waals surface area (Å²) in [5.41, 5.74) is 1.40. The van der Waals surface area contributed by atoms with Crippen molar-refractivity contribution in [3.05, 3.63) is 33.4 Å². The molecule has 0 spiro atoms. The van der Waals surface area contributed by atoms with Gasteiger partial charge in [0.2, 0.25) is 10.0 Å². The minimum Gasteiger partial charge on any atom is -0.317 e. The molecular formula is C13H19N3O4S. The van der Waals surface area contributed by atoms with Crippen LogP contribution in [0.2, 0.25) is 0 Å². The smallest absolute Gasteiger partial charge is 0.272 e. The lowest BCUT2D eigenvalue weighted by atomic mass is 10.1. The zero-order chi connectivity index (χ0) is 15.6. The number of rotatable bonds is 4. The fourth-order valence-corrected chi connectivity index (χ4v) is 4.00. The molecule has 1 aliphatic rings. The van der Waals surface area contributed by atoms with Crippen molar-refractivity contribution in [3.8, 4) is 0 Å². The van der Waals surface area contributed by atoms with Gasteiger partial charge in [0, 0.05) is 11.6 Å². The Balaban J connectivity index is 2.26. The third kappa shape index (κ3) is 3.51. The molecule has 8 heteroatoms. The molecule has 1 aromatic carbocycles. The maximum Gasteiger partial charge on any atom is 0.272 e. The van der Waals surface area contributed by atoms with E-state index in [-0.39, 0.29) is 5.69 Å². The number of hydrogen-bond donors (Lipinski definition) is 2. The number of sulfonamides is 1. The Morgan fingerprint density at radius 3 is 2.43 bits per heavy atom. The lowest BCUT2D eigenvalue weighted by Crippen LogP contribution is -2.38. The van der Waals surface area contributed by atoms with Gasteiger partial charge in [-0.25, -0.2) is 8.42 Å². The molecular weight excluding hydrogens is 294 g/mol. The molecule has 1 fully saturated rings. The average molecular weight is 313 g/mol. The van der Waals surface area contributed by atoms with E-state index < -0.39 is 20.2 Å². The second-order valence-electron chi connectivity index (χ2n) is 5.31. The molecule has 0 bridgehead atoms. The Bertz CT molecular complexity index is 652. The van der Waals surface area contributed by atoms with Gasteiger partial charge in [-0.2, -0.15) is 0 Å². The molecule has 0 atom stereocenters. The highest BCUT2D eigenvalue weighted by Gasteiger charge is 2.28. The van der Waals surface area contributed by atoms with Crippen LogP contribution >= 0.6 is 0 Å². The van der Waals surface area contributed by atoms with Crippen molar-refractivity contribution in [2.75, 3.05) is 17.8 Å². The Labute approximate surface area is 123 Å². The average Bonchev–Trinajstić information content (AvgIpc) is 2.43. The Hall–Kier alpha value is -1.67. The molecule has 21 heavy (non-hydrogen) atoms. The van der Waals surface area contributed by atoms with Crippen LogP contribution in [0.25, 0.3) is 0 Å². The number of piperidine rings is 1. The van der Waals surface area contributed by atoms with Gasteiger partial charge in [-0.1, -0.05) is 0 Å². The minimum atomic E-state index is -3.47. The van der Waals surface area contributed by atoms with Crippen LogP contribution in [0.4, 0.5) is 11.4 Å². The van der Waals surface area contributed by atoms with Crippen LogP contribution in [0, 0.1) is 24.0 Å². The first kappa shape index (κ1) is 15.7. The van der Waals surface area contributed by atoms with Crippen LogP contribution < -0.4 is 10.0 Å². The van der Waals surface area contributed by atoms with Gasteiger partial charge in [-0.05, 0) is 51.4 Å². The van der Waals surface area contributed by atoms with Crippen LogP contribution in [0.15, 0.2) is 12.1 Å². The van der Waals surface area contributed by atoms with Crippen molar-refractivity contribution in [1.29, 1.82) is 0 Å². The van der Waals surface area contributed by atoms with Crippen LogP contribution in [0.5, 0.6) is 0 Å². The lowest BCUT2D eigenvalue weighted by Gasteiger charge is -2.23. The van der Waals surface area contributed by atoms with Crippen LogP contribution in [-0.4, -0.2) is 31.7 Å². The number of nitrogens with one attached hydrogen (secondary N) is 2. The van der Waals surface area contributed by atoms with Gasteiger partial charge in [0.05, 0.1) is 15.9 Å². The molecule has 1 aromatic rings. The van der Waals surface area contributed by atoms with E-state index in [0.717, 1.165) is 0 Å². The van der Waals surface area contributed by atoms with E-state index in [4.69, 9.17) is 0 Å². The van der Waals surface area contributed by atoms with Gasteiger partial charge in [-0.3, -0.25) is 14.8 Å². The largest absolute Gasteiger partial charge is 0.317 e. The summed E-state index contributed by atoms with van der Waals surface area (Å²) in [7, 11) is -3.47. The first-order valence-corrected chi connectivity index (χ1v) is 8.34. The molecule has 0 saturated carbocycles. The van der Waals surface area contributed by atoms with Gasteiger partial charge in [0.25, 0.3) is 5.69 Å². The fourth-order valence-electron chi connectivity index (χ4n) is 2.45. The van der Waals surface area contributed by atoms with E-state index in [1.54, 1.807) is 13.8 Å². The van der Waals surface area contributed by atoms with E-state index >= 15 is 0 Å². The number of aryl methyl sites for hydroxylation is 2. The van der Waals surface area contributed by atoms with E-state index in [9.17, 15) is 18.5 Å². The van der Waals surface area contributed by atoms with Crippen LogP contribution in [-0.2, 0) is 10.0 Å². The highest BCUT2D eigenvalue weighted by molar-refractivity contribution is 7.93. The SMILES string of the molecule is Cc1cc([N+](=O)[O-])c(C)cc1NS(=O)(=O)C1CCNCC1.